The van der Waals surface area contributed by atoms with Gasteiger partial charge in [-0.05, 0) is 36.7 Å². The minimum Gasteiger partial charge on any atom is -0.338 e. The maximum atomic E-state index is 12.0. The van der Waals surface area contributed by atoms with E-state index >= 15 is 0 Å². The number of rotatable bonds is 3. The number of halogens is 2. The molecule has 1 aliphatic rings. The van der Waals surface area contributed by atoms with E-state index in [1.165, 1.54) is 0 Å². The fourth-order valence-electron chi connectivity index (χ4n) is 2.07. The lowest BCUT2D eigenvalue weighted by Crippen LogP contribution is -2.37. The van der Waals surface area contributed by atoms with Gasteiger partial charge in [0.05, 0.1) is 0 Å². The SMILES string of the molecule is CN(C(=O)/C=C/c1ccc(Cl)cc1Cl)C1CCNC1. The van der Waals surface area contributed by atoms with Crippen molar-refractivity contribution in [2.75, 3.05) is 20.1 Å². The van der Waals surface area contributed by atoms with Crippen molar-refractivity contribution in [3.63, 3.8) is 0 Å². The largest absolute Gasteiger partial charge is 0.338 e. The standard InChI is InChI=1S/C14H16Cl2N2O/c1-18(12-6-7-17-9-12)14(19)5-3-10-2-4-11(15)8-13(10)16/h2-5,8,12,17H,6-7,9H2,1H3/b5-3+. The summed E-state index contributed by atoms with van der Waals surface area (Å²) in [5.41, 5.74) is 0.789. The zero-order valence-electron chi connectivity index (χ0n) is 10.7. The number of likely N-dealkylation sites (N-methyl/N-ethyl adjacent to an activating group) is 1. The Labute approximate surface area is 123 Å². The molecule has 1 aliphatic heterocycles. The van der Waals surface area contributed by atoms with Gasteiger partial charge in [-0.25, -0.2) is 0 Å². The van der Waals surface area contributed by atoms with Crippen molar-refractivity contribution in [3.8, 4) is 0 Å². The molecule has 0 spiro atoms. The molecule has 3 nitrogen and oxygen atoms in total. The van der Waals surface area contributed by atoms with E-state index in [1.807, 2.05) is 7.05 Å². The zero-order chi connectivity index (χ0) is 13.8. The van der Waals surface area contributed by atoms with Crippen LogP contribution in [0.15, 0.2) is 24.3 Å². The molecule has 1 N–H and O–H groups in total. The van der Waals surface area contributed by atoms with Gasteiger partial charge in [0.1, 0.15) is 0 Å². The van der Waals surface area contributed by atoms with Crippen LogP contribution in [0.2, 0.25) is 10.0 Å². The van der Waals surface area contributed by atoms with Crippen LogP contribution in [0.1, 0.15) is 12.0 Å². The van der Waals surface area contributed by atoms with Gasteiger partial charge in [0.25, 0.3) is 0 Å². The lowest BCUT2D eigenvalue weighted by molar-refractivity contribution is -0.126. The van der Waals surface area contributed by atoms with Gasteiger partial charge in [-0.15, -0.1) is 0 Å². The molecule has 1 unspecified atom stereocenters. The number of hydrogen-bond donors (Lipinski definition) is 1. The third-order valence-electron chi connectivity index (χ3n) is 3.30. The summed E-state index contributed by atoms with van der Waals surface area (Å²) in [5, 5.41) is 4.37. The molecule has 0 bridgehead atoms. The van der Waals surface area contributed by atoms with Crippen molar-refractivity contribution in [1.82, 2.24) is 10.2 Å². The number of nitrogens with zero attached hydrogens (tertiary/aromatic N) is 1. The van der Waals surface area contributed by atoms with Gasteiger partial charge >= 0.3 is 0 Å². The van der Waals surface area contributed by atoms with E-state index in [2.05, 4.69) is 5.32 Å². The van der Waals surface area contributed by atoms with Crippen LogP contribution in [-0.4, -0.2) is 37.0 Å². The van der Waals surface area contributed by atoms with Crippen LogP contribution in [0.5, 0.6) is 0 Å². The van der Waals surface area contributed by atoms with E-state index < -0.39 is 0 Å². The van der Waals surface area contributed by atoms with Crippen molar-refractivity contribution in [2.24, 2.45) is 0 Å². The topological polar surface area (TPSA) is 32.3 Å². The fraction of sp³-hybridized carbons (Fsp3) is 0.357. The summed E-state index contributed by atoms with van der Waals surface area (Å²) >= 11 is 11.9. The fourth-order valence-corrected chi connectivity index (χ4v) is 2.54. The van der Waals surface area contributed by atoms with Crippen LogP contribution in [0.25, 0.3) is 6.08 Å². The first kappa shape index (κ1) is 14.4. The number of hydrogen-bond acceptors (Lipinski definition) is 2. The Kier molecular flexibility index (Phi) is 4.86. The second-order valence-electron chi connectivity index (χ2n) is 4.59. The highest BCUT2D eigenvalue weighted by molar-refractivity contribution is 6.35. The predicted molar refractivity (Wildman–Crippen MR) is 79.5 cm³/mol. The van der Waals surface area contributed by atoms with Crippen molar-refractivity contribution < 1.29 is 4.79 Å². The molecule has 102 valence electrons. The Morgan fingerprint density at radius 2 is 2.26 bits per heavy atom. The summed E-state index contributed by atoms with van der Waals surface area (Å²) in [6, 6.07) is 5.49. The summed E-state index contributed by atoms with van der Waals surface area (Å²) in [6.07, 6.45) is 4.27. The maximum absolute atomic E-state index is 12.0. The minimum atomic E-state index is -0.0142. The average Bonchev–Trinajstić information content (AvgIpc) is 2.90. The Balaban J connectivity index is 2.03. The lowest BCUT2D eigenvalue weighted by atomic mass is 10.2. The van der Waals surface area contributed by atoms with Crippen LogP contribution >= 0.6 is 23.2 Å². The molecule has 1 heterocycles. The Morgan fingerprint density at radius 1 is 1.47 bits per heavy atom. The molecule has 1 atom stereocenters. The van der Waals surface area contributed by atoms with Crippen molar-refractivity contribution >= 4 is 35.2 Å². The third kappa shape index (κ3) is 3.72. The summed E-state index contributed by atoms with van der Waals surface area (Å²) in [5.74, 6) is -0.0142. The van der Waals surface area contributed by atoms with Gasteiger partial charge < -0.3 is 10.2 Å². The van der Waals surface area contributed by atoms with Gasteiger partial charge in [-0.1, -0.05) is 29.3 Å². The van der Waals surface area contributed by atoms with Crippen LogP contribution in [0.3, 0.4) is 0 Å². The molecule has 0 aromatic heterocycles. The van der Waals surface area contributed by atoms with E-state index in [0.29, 0.717) is 10.0 Å². The summed E-state index contributed by atoms with van der Waals surface area (Å²) < 4.78 is 0. The Bertz CT molecular complexity index is 496. The Hall–Kier alpha value is -1.03. The van der Waals surface area contributed by atoms with Crippen LogP contribution in [-0.2, 0) is 4.79 Å². The summed E-state index contributed by atoms with van der Waals surface area (Å²) in [4.78, 5) is 13.8. The molecule has 19 heavy (non-hydrogen) atoms. The quantitative estimate of drug-likeness (QED) is 0.871. The van der Waals surface area contributed by atoms with E-state index in [-0.39, 0.29) is 11.9 Å². The number of carbonyl (C=O) groups excluding carboxylic acids is 1. The van der Waals surface area contributed by atoms with Crippen LogP contribution in [0, 0.1) is 0 Å². The molecule has 0 saturated carbocycles. The number of nitrogens with one attached hydrogen (secondary N) is 1. The number of amides is 1. The first-order valence-electron chi connectivity index (χ1n) is 6.18. The molecule has 1 amide bonds. The van der Waals surface area contributed by atoms with Gasteiger partial charge in [-0.3, -0.25) is 4.79 Å². The highest BCUT2D eigenvalue weighted by Gasteiger charge is 2.21. The minimum absolute atomic E-state index is 0.0142. The molecule has 5 heteroatoms. The number of benzene rings is 1. The Morgan fingerprint density at radius 3 is 2.89 bits per heavy atom. The zero-order valence-corrected chi connectivity index (χ0v) is 12.2. The molecule has 0 aliphatic carbocycles. The first-order chi connectivity index (χ1) is 9.08. The van der Waals surface area contributed by atoms with Gasteiger partial charge in [0.15, 0.2) is 0 Å². The molecular weight excluding hydrogens is 283 g/mol. The van der Waals surface area contributed by atoms with Crippen molar-refractivity contribution in [2.45, 2.75) is 12.5 Å². The third-order valence-corrected chi connectivity index (χ3v) is 3.86. The normalized spacial score (nSPS) is 19.0. The van der Waals surface area contributed by atoms with Crippen molar-refractivity contribution in [3.05, 3.63) is 39.9 Å². The molecule has 1 fully saturated rings. The predicted octanol–water partition coefficient (Wildman–Crippen LogP) is 2.83. The second-order valence-corrected chi connectivity index (χ2v) is 5.44. The van der Waals surface area contributed by atoms with Gasteiger partial charge in [0, 0.05) is 35.8 Å². The molecular formula is C14H16Cl2N2O. The highest BCUT2D eigenvalue weighted by Crippen LogP contribution is 2.22. The number of carbonyl (C=O) groups is 1. The van der Waals surface area contributed by atoms with Crippen molar-refractivity contribution in [1.29, 1.82) is 0 Å². The maximum Gasteiger partial charge on any atom is 0.246 e. The van der Waals surface area contributed by atoms with Gasteiger partial charge in [0.2, 0.25) is 5.91 Å². The van der Waals surface area contributed by atoms with E-state index in [9.17, 15) is 4.79 Å². The van der Waals surface area contributed by atoms with E-state index in [1.54, 1.807) is 35.3 Å². The summed E-state index contributed by atoms with van der Waals surface area (Å²) in [6.45, 7) is 1.83. The summed E-state index contributed by atoms with van der Waals surface area (Å²) in [7, 11) is 1.83. The van der Waals surface area contributed by atoms with Crippen LogP contribution < -0.4 is 5.32 Å². The van der Waals surface area contributed by atoms with Gasteiger partial charge in [-0.2, -0.15) is 0 Å². The average molecular weight is 299 g/mol. The molecule has 1 saturated heterocycles. The second kappa shape index (κ2) is 6.42. The molecule has 2 rings (SSSR count). The van der Waals surface area contributed by atoms with Crippen LogP contribution in [0.4, 0.5) is 0 Å². The van der Waals surface area contributed by atoms with E-state index in [4.69, 9.17) is 23.2 Å². The molecule has 1 aromatic rings. The monoisotopic (exact) mass is 298 g/mol. The first-order valence-corrected chi connectivity index (χ1v) is 6.94. The highest BCUT2D eigenvalue weighted by atomic mass is 35.5. The molecule has 1 aromatic carbocycles. The van der Waals surface area contributed by atoms with E-state index in [0.717, 1.165) is 25.1 Å². The molecule has 0 radical (unpaired) electrons. The lowest BCUT2D eigenvalue weighted by Gasteiger charge is -2.22. The smallest absolute Gasteiger partial charge is 0.246 e.